The number of nitrogens with zero attached hydrogens (tertiary/aromatic N) is 1. The van der Waals surface area contributed by atoms with Crippen LogP contribution in [-0.2, 0) is 0 Å². The van der Waals surface area contributed by atoms with Crippen molar-refractivity contribution in [3.63, 3.8) is 0 Å². The molecule has 0 spiro atoms. The van der Waals surface area contributed by atoms with Gasteiger partial charge >= 0.3 is 0 Å². The van der Waals surface area contributed by atoms with E-state index in [4.69, 9.17) is 24.1 Å². The first-order valence-corrected chi connectivity index (χ1v) is 14.4. The lowest BCUT2D eigenvalue weighted by Crippen LogP contribution is -2.08. The van der Waals surface area contributed by atoms with Crippen molar-refractivity contribution in [2.24, 2.45) is 0 Å². The highest BCUT2D eigenvalue weighted by Gasteiger charge is 2.11. The molecule has 0 aromatic heterocycles. The highest BCUT2D eigenvalue weighted by atomic mass is 16.5. The zero-order valence-electron chi connectivity index (χ0n) is 24.5. The van der Waals surface area contributed by atoms with Gasteiger partial charge in [-0.25, -0.2) is 0 Å². The van der Waals surface area contributed by atoms with E-state index in [0.29, 0.717) is 41.8 Å². The van der Waals surface area contributed by atoms with Crippen LogP contribution in [0.15, 0.2) is 36.4 Å². The SMILES string of the molecule is COc1cc(/C=C(\C#N)c2cc(OC(C)C)cc(OC(C)C)c2)ccc1OCCCCCCCCCCCO. The third-order valence-electron chi connectivity index (χ3n) is 6.11. The average molecular weight is 538 g/mol. The topological polar surface area (TPSA) is 80.9 Å². The maximum absolute atomic E-state index is 9.97. The molecular weight excluding hydrogens is 490 g/mol. The lowest BCUT2D eigenvalue weighted by molar-refractivity contribution is 0.229. The van der Waals surface area contributed by atoms with Gasteiger partial charge in [-0.2, -0.15) is 5.26 Å². The maximum atomic E-state index is 9.97. The molecule has 0 aliphatic rings. The average Bonchev–Trinajstić information content (AvgIpc) is 2.89. The molecule has 2 aromatic rings. The molecule has 0 saturated carbocycles. The van der Waals surface area contributed by atoms with E-state index in [2.05, 4.69) is 6.07 Å². The molecule has 0 amide bonds. The molecule has 1 N–H and O–H groups in total. The van der Waals surface area contributed by atoms with Crippen molar-refractivity contribution in [2.45, 2.75) is 97.7 Å². The molecule has 0 aliphatic carbocycles. The summed E-state index contributed by atoms with van der Waals surface area (Å²) < 4.78 is 23.4. The van der Waals surface area contributed by atoms with Crippen LogP contribution >= 0.6 is 0 Å². The summed E-state index contributed by atoms with van der Waals surface area (Å²) in [7, 11) is 1.63. The van der Waals surface area contributed by atoms with Crippen molar-refractivity contribution in [3.8, 4) is 29.1 Å². The van der Waals surface area contributed by atoms with E-state index in [1.807, 2.05) is 70.2 Å². The van der Waals surface area contributed by atoms with Crippen molar-refractivity contribution in [3.05, 3.63) is 47.5 Å². The second kappa shape index (κ2) is 18.2. The number of aliphatic hydroxyl groups excluding tert-OH is 1. The smallest absolute Gasteiger partial charge is 0.161 e. The molecule has 0 heterocycles. The van der Waals surface area contributed by atoms with E-state index in [1.165, 1.54) is 32.1 Å². The minimum atomic E-state index is 0.00583. The molecule has 2 rings (SSSR count). The molecule has 0 atom stereocenters. The Kier molecular flexibility index (Phi) is 14.9. The molecule has 2 aromatic carbocycles. The standard InChI is InChI=1S/C33H47NO5/c1-25(2)38-30-21-28(22-31(23-30)39-26(3)4)29(24-34)19-27-15-16-32(33(20-27)36-5)37-18-14-12-10-8-6-7-9-11-13-17-35/h15-16,19-23,25-26,35H,6-14,17-18H2,1-5H3/b29-19+. The maximum Gasteiger partial charge on any atom is 0.161 e. The van der Waals surface area contributed by atoms with E-state index in [1.54, 1.807) is 7.11 Å². The summed E-state index contributed by atoms with van der Waals surface area (Å²) >= 11 is 0. The summed E-state index contributed by atoms with van der Waals surface area (Å²) in [4.78, 5) is 0. The van der Waals surface area contributed by atoms with Gasteiger partial charge in [0.25, 0.3) is 0 Å². The molecular formula is C33H47NO5. The number of unbranched alkanes of at least 4 members (excludes halogenated alkanes) is 8. The Bertz CT molecular complexity index is 1030. The molecule has 0 fully saturated rings. The van der Waals surface area contributed by atoms with Crippen molar-refractivity contribution >= 4 is 11.6 Å². The van der Waals surface area contributed by atoms with Crippen LogP contribution in [0.3, 0.4) is 0 Å². The first-order valence-electron chi connectivity index (χ1n) is 14.4. The van der Waals surface area contributed by atoms with Crippen molar-refractivity contribution < 1.29 is 24.1 Å². The van der Waals surface area contributed by atoms with Gasteiger partial charge in [0.05, 0.1) is 37.6 Å². The van der Waals surface area contributed by atoms with Gasteiger partial charge in [-0.15, -0.1) is 0 Å². The fraction of sp³-hybridized carbons (Fsp3) is 0.545. The number of rotatable bonds is 19. The van der Waals surface area contributed by atoms with Gasteiger partial charge in [-0.3, -0.25) is 0 Å². The summed E-state index contributed by atoms with van der Waals surface area (Å²) in [6, 6.07) is 13.6. The van der Waals surface area contributed by atoms with E-state index in [0.717, 1.165) is 36.8 Å². The first kappa shape index (κ1) is 32.0. The quantitative estimate of drug-likeness (QED) is 0.110. The van der Waals surface area contributed by atoms with Crippen LogP contribution in [0.25, 0.3) is 11.6 Å². The van der Waals surface area contributed by atoms with Crippen LogP contribution in [-0.4, -0.2) is 37.6 Å². The monoisotopic (exact) mass is 537 g/mol. The number of nitriles is 1. The van der Waals surface area contributed by atoms with Crippen LogP contribution in [0.1, 0.15) is 96.6 Å². The Morgan fingerprint density at radius 2 is 1.36 bits per heavy atom. The van der Waals surface area contributed by atoms with Crippen LogP contribution < -0.4 is 18.9 Å². The van der Waals surface area contributed by atoms with Gasteiger partial charge in [0.1, 0.15) is 11.5 Å². The minimum Gasteiger partial charge on any atom is -0.493 e. The van der Waals surface area contributed by atoms with Crippen molar-refractivity contribution in [1.82, 2.24) is 0 Å². The first-order chi connectivity index (χ1) is 18.9. The van der Waals surface area contributed by atoms with Gasteiger partial charge in [0, 0.05) is 12.7 Å². The molecule has 0 radical (unpaired) electrons. The fourth-order valence-corrected chi connectivity index (χ4v) is 4.28. The Hall–Kier alpha value is -3.17. The number of methoxy groups -OCH3 is 1. The molecule has 0 aliphatic heterocycles. The van der Waals surface area contributed by atoms with Crippen LogP contribution in [0.4, 0.5) is 0 Å². The molecule has 39 heavy (non-hydrogen) atoms. The number of hydrogen-bond acceptors (Lipinski definition) is 6. The van der Waals surface area contributed by atoms with E-state index in [-0.39, 0.29) is 12.2 Å². The third kappa shape index (κ3) is 12.5. The Labute approximate surface area is 235 Å². The number of hydrogen-bond donors (Lipinski definition) is 1. The largest absolute Gasteiger partial charge is 0.493 e. The molecule has 0 unspecified atom stereocenters. The third-order valence-corrected chi connectivity index (χ3v) is 6.11. The minimum absolute atomic E-state index is 0.00583. The summed E-state index contributed by atoms with van der Waals surface area (Å²) in [6.45, 7) is 8.83. The molecule has 6 nitrogen and oxygen atoms in total. The van der Waals surface area contributed by atoms with Gasteiger partial charge < -0.3 is 24.1 Å². The van der Waals surface area contributed by atoms with E-state index in [9.17, 15) is 5.26 Å². The van der Waals surface area contributed by atoms with Crippen molar-refractivity contribution in [1.29, 1.82) is 5.26 Å². The Morgan fingerprint density at radius 1 is 0.795 bits per heavy atom. The predicted octanol–water partition coefficient (Wildman–Crippen LogP) is 8.22. The van der Waals surface area contributed by atoms with Gasteiger partial charge in [-0.1, -0.05) is 51.0 Å². The number of ether oxygens (including phenoxy) is 4. The number of allylic oxidation sites excluding steroid dienone is 1. The molecule has 6 heteroatoms. The van der Waals surface area contributed by atoms with E-state index >= 15 is 0 Å². The zero-order chi connectivity index (χ0) is 28.5. The van der Waals surface area contributed by atoms with Crippen LogP contribution in [0.5, 0.6) is 23.0 Å². The molecule has 0 bridgehead atoms. The van der Waals surface area contributed by atoms with Gasteiger partial charge in [0.15, 0.2) is 11.5 Å². The highest BCUT2D eigenvalue weighted by molar-refractivity contribution is 5.90. The Morgan fingerprint density at radius 3 is 1.87 bits per heavy atom. The lowest BCUT2D eigenvalue weighted by atomic mass is 10.0. The summed E-state index contributed by atoms with van der Waals surface area (Å²) in [6.07, 6.45) is 12.3. The molecule has 214 valence electrons. The fourth-order valence-electron chi connectivity index (χ4n) is 4.28. The van der Waals surface area contributed by atoms with E-state index < -0.39 is 0 Å². The second-order valence-corrected chi connectivity index (χ2v) is 10.4. The number of aliphatic hydroxyl groups is 1. The molecule has 0 saturated heterocycles. The van der Waals surface area contributed by atoms with Gasteiger partial charge in [-0.05, 0) is 82.0 Å². The normalized spacial score (nSPS) is 11.5. The zero-order valence-corrected chi connectivity index (χ0v) is 24.5. The predicted molar refractivity (Wildman–Crippen MR) is 159 cm³/mol. The second-order valence-electron chi connectivity index (χ2n) is 10.4. The lowest BCUT2D eigenvalue weighted by Gasteiger charge is -2.16. The summed E-state index contributed by atoms with van der Waals surface area (Å²) in [5, 5.41) is 18.8. The number of benzene rings is 2. The summed E-state index contributed by atoms with van der Waals surface area (Å²) in [5.74, 6) is 2.68. The highest BCUT2D eigenvalue weighted by Crippen LogP contribution is 2.32. The van der Waals surface area contributed by atoms with Crippen LogP contribution in [0, 0.1) is 11.3 Å². The Balaban J connectivity index is 2.00. The van der Waals surface area contributed by atoms with Gasteiger partial charge in [0.2, 0.25) is 0 Å². The van der Waals surface area contributed by atoms with Crippen LogP contribution in [0.2, 0.25) is 0 Å². The van der Waals surface area contributed by atoms with Crippen molar-refractivity contribution in [2.75, 3.05) is 20.3 Å². The summed E-state index contributed by atoms with van der Waals surface area (Å²) in [5.41, 5.74) is 2.08.